The Labute approximate surface area is 124 Å². The molecule has 0 saturated heterocycles. The van der Waals surface area contributed by atoms with Crippen LogP contribution in [0.5, 0.6) is 0 Å². The van der Waals surface area contributed by atoms with Gasteiger partial charge in [0.25, 0.3) is 0 Å². The maximum absolute atomic E-state index is 5.85. The van der Waals surface area contributed by atoms with Crippen molar-refractivity contribution in [2.45, 2.75) is 25.8 Å². The summed E-state index contributed by atoms with van der Waals surface area (Å²) in [7, 11) is 0. The Hall–Kier alpha value is -0.290. The first-order valence-corrected chi connectivity index (χ1v) is 7.96. The maximum Gasteiger partial charge on any atom is 0.193 e. The average Bonchev–Trinajstić information content (AvgIpc) is 2.94. The predicted molar refractivity (Wildman–Crippen MR) is 80.5 cm³/mol. The third-order valence-corrected chi connectivity index (χ3v) is 4.81. The lowest BCUT2D eigenvalue weighted by atomic mass is 10.1. The van der Waals surface area contributed by atoms with Gasteiger partial charge < -0.3 is 9.73 Å². The summed E-state index contributed by atoms with van der Waals surface area (Å²) in [5.41, 5.74) is 0. The quantitative estimate of drug-likeness (QED) is 0.791. The fourth-order valence-electron chi connectivity index (χ4n) is 1.76. The van der Waals surface area contributed by atoms with Crippen LogP contribution < -0.4 is 5.32 Å². The van der Waals surface area contributed by atoms with Crippen LogP contribution in [0, 0.1) is 0 Å². The molecule has 2 aromatic rings. The summed E-state index contributed by atoms with van der Waals surface area (Å²) in [5.74, 6) is 0.897. The SMILES string of the molecule is CCCNC(Cc1sccc1Br)c1ccc(Cl)o1. The molecule has 0 saturated carbocycles. The molecule has 1 N–H and O–H groups in total. The molecule has 1 unspecified atom stereocenters. The largest absolute Gasteiger partial charge is 0.448 e. The second-order valence-electron chi connectivity index (χ2n) is 4.04. The second kappa shape index (κ2) is 6.75. The van der Waals surface area contributed by atoms with Crippen molar-refractivity contribution < 1.29 is 4.42 Å². The van der Waals surface area contributed by atoms with Gasteiger partial charge >= 0.3 is 0 Å². The monoisotopic (exact) mass is 347 g/mol. The molecule has 2 aromatic heterocycles. The summed E-state index contributed by atoms with van der Waals surface area (Å²) in [6, 6.07) is 5.98. The minimum atomic E-state index is 0.174. The van der Waals surface area contributed by atoms with Crippen LogP contribution in [0.2, 0.25) is 5.22 Å². The van der Waals surface area contributed by atoms with E-state index in [1.54, 1.807) is 17.4 Å². The van der Waals surface area contributed by atoms with Gasteiger partial charge in [-0.1, -0.05) is 6.92 Å². The lowest BCUT2D eigenvalue weighted by molar-refractivity contribution is 0.412. The normalized spacial score (nSPS) is 12.8. The predicted octanol–water partition coefficient (Wildman–Crippen LogP) is 5.04. The summed E-state index contributed by atoms with van der Waals surface area (Å²) >= 11 is 11.2. The molecular formula is C13H15BrClNOS. The number of thiophene rings is 1. The Morgan fingerprint density at radius 2 is 2.28 bits per heavy atom. The number of halogens is 2. The van der Waals surface area contributed by atoms with Crippen LogP contribution in [0.1, 0.15) is 30.0 Å². The van der Waals surface area contributed by atoms with E-state index < -0.39 is 0 Å². The van der Waals surface area contributed by atoms with E-state index in [0.29, 0.717) is 5.22 Å². The third kappa shape index (κ3) is 3.60. The highest BCUT2D eigenvalue weighted by Gasteiger charge is 2.17. The summed E-state index contributed by atoms with van der Waals surface area (Å²) in [4.78, 5) is 1.32. The standard InChI is InChI=1S/C13H15BrClNOS/c1-2-6-16-10(11-3-4-13(15)17-11)8-12-9(14)5-7-18-12/h3-5,7,10,16H,2,6,8H2,1H3. The highest BCUT2D eigenvalue weighted by molar-refractivity contribution is 9.10. The maximum atomic E-state index is 5.85. The van der Waals surface area contributed by atoms with Crippen LogP contribution in [0.4, 0.5) is 0 Å². The van der Waals surface area contributed by atoms with E-state index in [9.17, 15) is 0 Å². The van der Waals surface area contributed by atoms with E-state index in [-0.39, 0.29) is 6.04 Å². The molecule has 1 atom stereocenters. The van der Waals surface area contributed by atoms with E-state index in [1.165, 1.54) is 4.88 Å². The Morgan fingerprint density at radius 3 is 2.83 bits per heavy atom. The van der Waals surface area contributed by atoms with Crippen LogP contribution in [0.15, 0.2) is 32.5 Å². The van der Waals surface area contributed by atoms with Crippen molar-refractivity contribution in [1.29, 1.82) is 0 Å². The molecule has 0 bridgehead atoms. The van der Waals surface area contributed by atoms with E-state index in [2.05, 4.69) is 39.6 Å². The Balaban J connectivity index is 2.12. The number of hydrogen-bond donors (Lipinski definition) is 1. The lowest BCUT2D eigenvalue weighted by Crippen LogP contribution is -2.23. The van der Waals surface area contributed by atoms with Crippen LogP contribution >= 0.6 is 38.9 Å². The van der Waals surface area contributed by atoms with Crippen molar-refractivity contribution in [2.75, 3.05) is 6.54 Å². The van der Waals surface area contributed by atoms with Gasteiger partial charge in [-0.15, -0.1) is 11.3 Å². The molecular weight excluding hydrogens is 334 g/mol. The van der Waals surface area contributed by atoms with Crippen molar-refractivity contribution in [2.24, 2.45) is 0 Å². The highest BCUT2D eigenvalue weighted by atomic mass is 79.9. The second-order valence-corrected chi connectivity index (χ2v) is 6.27. The number of rotatable bonds is 6. The topological polar surface area (TPSA) is 25.2 Å². The molecule has 2 nitrogen and oxygen atoms in total. The van der Waals surface area contributed by atoms with Crippen LogP contribution in [-0.2, 0) is 6.42 Å². The smallest absolute Gasteiger partial charge is 0.193 e. The van der Waals surface area contributed by atoms with Gasteiger partial charge in [0.05, 0.1) is 6.04 Å². The zero-order chi connectivity index (χ0) is 13.0. The van der Waals surface area contributed by atoms with Crippen molar-refractivity contribution in [3.63, 3.8) is 0 Å². The summed E-state index contributed by atoms with van der Waals surface area (Å²) < 4.78 is 6.68. The minimum absolute atomic E-state index is 0.174. The summed E-state index contributed by atoms with van der Waals surface area (Å²) in [5, 5.41) is 6.03. The Bertz CT molecular complexity index is 497. The highest BCUT2D eigenvalue weighted by Crippen LogP contribution is 2.29. The molecule has 0 amide bonds. The molecule has 0 aliphatic heterocycles. The average molecular weight is 349 g/mol. The van der Waals surface area contributed by atoms with Crippen molar-refractivity contribution in [1.82, 2.24) is 5.32 Å². The van der Waals surface area contributed by atoms with Crippen LogP contribution in [0.25, 0.3) is 0 Å². The van der Waals surface area contributed by atoms with Crippen molar-refractivity contribution in [3.05, 3.63) is 43.9 Å². The van der Waals surface area contributed by atoms with Gasteiger partial charge in [-0.05, 0) is 64.1 Å². The number of hydrogen-bond acceptors (Lipinski definition) is 3. The van der Waals surface area contributed by atoms with E-state index >= 15 is 0 Å². The van der Waals surface area contributed by atoms with Crippen molar-refractivity contribution in [3.8, 4) is 0 Å². The van der Waals surface area contributed by atoms with E-state index in [4.69, 9.17) is 16.0 Å². The van der Waals surface area contributed by atoms with Gasteiger partial charge in [0.1, 0.15) is 5.76 Å². The minimum Gasteiger partial charge on any atom is -0.448 e. The third-order valence-electron chi connectivity index (χ3n) is 2.66. The van der Waals surface area contributed by atoms with E-state index in [0.717, 1.165) is 29.6 Å². The van der Waals surface area contributed by atoms with Gasteiger partial charge in [0.15, 0.2) is 5.22 Å². The Kier molecular flexibility index (Phi) is 5.30. The van der Waals surface area contributed by atoms with Gasteiger partial charge in [-0.3, -0.25) is 0 Å². The number of nitrogens with one attached hydrogen (secondary N) is 1. The van der Waals surface area contributed by atoms with Gasteiger partial charge in [-0.25, -0.2) is 0 Å². The first-order chi connectivity index (χ1) is 8.70. The van der Waals surface area contributed by atoms with Crippen LogP contribution in [0.3, 0.4) is 0 Å². The van der Waals surface area contributed by atoms with Crippen LogP contribution in [-0.4, -0.2) is 6.54 Å². The summed E-state index contributed by atoms with van der Waals surface area (Å²) in [6.45, 7) is 3.12. The van der Waals surface area contributed by atoms with Gasteiger partial charge in [-0.2, -0.15) is 0 Å². The molecule has 5 heteroatoms. The fourth-order valence-corrected chi connectivity index (χ4v) is 3.48. The van der Waals surface area contributed by atoms with Gasteiger partial charge in [0, 0.05) is 15.8 Å². The molecule has 0 spiro atoms. The molecule has 0 aliphatic rings. The first-order valence-electron chi connectivity index (χ1n) is 5.91. The molecule has 2 heterocycles. The van der Waals surface area contributed by atoms with Gasteiger partial charge in [0.2, 0.25) is 0 Å². The molecule has 2 rings (SSSR count). The first kappa shape index (κ1) is 14.1. The zero-order valence-electron chi connectivity index (χ0n) is 10.1. The molecule has 98 valence electrons. The lowest BCUT2D eigenvalue weighted by Gasteiger charge is -2.15. The zero-order valence-corrected chi connectivity index (χ0v) is 13.2. The Morgan fingerprint density at radius 1 is 1.44 bits per heavy atom. The van der Waals surface area contributed by atoms with E-state index in [1.807, 2.05) is 6.07 Å². The molecule has 0 aromatic carbocycles. The molecule has 0 radical (unpaired) electrons. The molecule has 0 fully saturated rings. The molecule has 0 aliphatic carbocycles. The van der Waals surface area contributed by atoms with Crippen molar-refractivity contribution >= 4 is 38.9 Å². The fraction of sp³-hybridized carbons (Fsp3) is 0.385. The number of furan rings is 1. The summed E-state index contributed by atoms with van der Waals surface area (Å²) in [6.07, 6.45) is 2.00. The molecule has 18 heavy (non-hydrogen) atoms.